The average molecular weight is 381 g/mol. The quantitative estimate of drug-likeness (QED) is 0.542. The Bertz CT molecular complexity index is 742. The van der Waals surface area contributed by atoms with Crippen molar-refractivity contribution in [3.8, 4) is 0 Å². The standard InChI is InChI=1S/C25H32OS/c1-24(2)21-14-16-25(24,17-15-21)18-27-22-11-9-20(10-12-22)23(26)13-8-19-6-4-3-5-7-19/h3-7,9-12,21,23,26H,8,13-18H2,1-2H3/t21?,23-,25?/m1/s1. The molecule has 1 nitrogen and oxygen atoms in total. The molecule has 2 bridgehead atoms. The molecular weight excluding hydrogens is 348 g/mol. The second-order valence-corrected chi connectivity index (χ2v) is 10.2. The zero-order valence-electron chi connectivity index (χ0n) is 16.7. The van der Waals surface area contributed by atoms with Crippen LogP contribution < -0.4 is 0 Å². The molecule has 2 heteroatoms. The SMILES string of the molecule is CC1(C)C2CCC1(CSc1ccc([C@H](O)CCc3ccccc3)cc1)CC2. The van der Waals surface area contributed by atoms with Crippen molar-refractivity contribution in [2.45, 2.75) is 63.4 Å². The van der Waals surface area contributed by atoms with E-state index in [1.54, 1.807) is 0 Å². The Hall–Kier alpha value is -1.25. The highest BCUT2D eigenvalue weighted by molar-refractivity contribution is 7.99. The summed E-state index contributed by atoms with van der Waals surface area (Å²) in [6, 6.07) is 19.1. The molecule has 0 aromatic heterocycles. The lowest BCUT2D eigenvalue weighted by Gasteiger charge is -2.38. The first-order valence-electron chi connectivity index (χ1n) is 10.4. The van der Waals surface area contributed by atoms with Crippen molar-refractivity contribution in [3.63, 3.8) is 0 Å². The maximum Gasteiger partial charge on any atom is 0.0793 e. The van der Waals surface area contributed by atoms with Crippen LogP contribution in [0, 0.1) is 16.7 Å². The Morgan fingerprint density at radius 3 is 2.26 bits per heavy atom. The molecule has 0 amide bonds. The second-order valence-electron chi connectivity index (χ2n) is 9.17. The predicted molar refractivity (Wildman–Crippen MR) is 115 cm³/mol. The summed E-state index contributed by atoms with van der Waals surface area (Å²) in [4.78, 5) is 1.34. The largest absolute Gasteiger partial charge is 0.388 e. The van der Waals surface area contributed by atoms with E-state index in [-0.39, 0.29) is 6.10 Å². The minimum absolute atomic E-state index is 0.382. The summed E-state index contributed by atoms with van der Waals surface area (Å²) < 4.78 is 0. The third kappa shape index (κ3) is 3.71. The molecule has 0 saturated heterocycles. The Morgan fingerprint density at radius 2 is 1.67 bits per heavy atom. The average Bonchev–Trinajstić information content (AvgIpc) is 3.10. The fourth-order valence-electron chi connectivity index (χ4n) is 5.42. The van der Waals surface area contributed by atoms with Crippen molar-refractivity contribution >= 4 is 11.8 Å². The molecule has 0 radical (unpaired) electrons. The molecule has 0 unspecified atom stereocenters. The van der Waals surface area contributed by atoms with Gasteiger partial charge in [0.25, 0.3) is 0 Å². The molecule has 2 aliphatic rings. The molecule has 4 rings (SSSR count). The molecule has 0 aliphatic heterocycles. The summed E-state index contributed by atoms with van der Waals surface area (Å²) in [6.45, 7) is 5.01. The van der Waals surface area contributed by atoms with Gasteiger partial charge in [-0.3, -0.25) is 0 Å². The lowest BCUT2D eigenvalue weighted by molar-refractivity contribution is 0.158. The first kappa shape index (κ1) is 19.1. The van der Waals surface area contributed by atoms with Crippen LogP contribution in [0.25, 0.3) is 0 Å². The summed E-state index contributed by atoms with van der Waals surface area (Å²) in [5, 5.41) is 10.5. The van der Waals surface area contributed by atoms with Crippen LogP contribution in [0.3, 0.4) is 0 Å². The number of aliphatic hydroxyl groups excluding tert-OH is 1. The number of hydrogen-bond donors (Lipinski definition) is 1. The Balaban J connectivity index is 1.32. The van der Waals surface area contributed by atoms with Crippen LogP contribution in [0.2, 0.25) is 0 Å². The van der Waals surface area contributed by atoms with Crippen molar-refractivity contribution in [2.75, 3.05) is 5.75 Å². The molecule has 2 fully saturated rings. The van der Waals surface area contributed by atoms with E-state index in [4.69, 9.17) is 0 Å². The van der Waals surface area contributed by atoms with Crippen LogP contribution >= 0.6 is 11.8 Å². The molecule has 2 aliphatic carbocycles. The number of aryl methyl sites for hydroxylation is 1. The van der Waals surface area contributed by atoms with Crippen molar-refractivity contribution in [1.29, 1.82) is 0 Å². The zero-order valence-corrected chi connectivity index (χ0v) is 17.5. The van der Waals surface area contributed by atoms with Crippen molar-refractivity contribution in [2.24, 2.45) is 16.7 Å². The van der Waals surface area contributed by atoms with Crippen LogP contribution in [0.1, 0.15) is 63.2 Å². The Kier molecular flexibility index (Phi) is 5.40. The van der Waals surface area contributed by atoms with E-state index >= 15 is 0 Å². The first-order valence-corrected chi connectivity index (χ1v) is 11.4. The fraction of sp³-hybridized carbons (Fsp3) is 0.520. The van der Waals surface area contributed by atoms with E-state index in [9.17, 15) is 5.11 Å². The lowest BCUT2D eigenvalue weighted by atomic mass is 9.71. The third-order valence-electron chi connectivity index (χ3n) is 7.66. The van der Waals surface area contributed by atoms with Crippen molar-refractivity contribution in [1.82, 2.24) is 0 Å². The zero-order chi connectivity index (χ0) is 18.9. The van der Waals surface area contributed by atoms with Gasteiger partial charge in [-0.05, 0) is 78.5 Å². The number of thioether (sulfide) groups is 1. The number of hydrogen-bond acceptors (Lipinski definition) is 2. The van der Waals surface area contributed by atoms with Crippen molar-refractivity contribution in [3.05, 3.63) is 65.7 Å². The molecule has 1 atom stereocenters. The number of benzene rings is 2. The Morgan fingerprint density at radius 1 is 1.00 bits per heavy atom. The van der Waals surface area contributed by atoms with Gasteiger partial charge in [0, 0.05) is 10.6 Å². The molecule has 2 saturated carbocycles. The lowest BCUT2D eigenvalue weighted by Crippen LogP contribution is -2.32. The maximum absolute atomic E-state index is 10.5. The monoisotopic (exact) mass is 380 g/mol. The van der Waals surface area contributed by atoms with E-state index < -0.39 is 0 Å². The van der Waals surface area contributed by atoms with Gasteiger partial charge in [0.05, 0.1) is 6.10 Å². The topological polar surface area (TPSA) is 20.2 Å². The van der Waals surface area contributed by atoms with Crippen LogP contribution in [-0.2, 0) is 6.42 Å². The van der Waals surface area contributed by atoms with Gasteiger partial charge in [0.15, 0.2) is 0 Å². The molecular formula is C25H32OS. The fourth-order valence-corrected chi connectivity index (χ4v) is 6.85. The maximum atomic E-state index is 10.5. The highest BCUT2D eigenvalue weighted by Crippen LogP contribution is 2.66. The number of rotatable bonds is 7. The number of fused-ring (bicyclic) bond motifs is 2. The highest BCUT2D eigenvalue weighted by atomic mass is 32.2. The smallest absolute Gasteiger partial charge is 0.0793 e. The van der Waals surface area contributed by atoms with Gasteiger partial charge in [0.1, 0.15) is 0 Å². The van der Waals surface area contributed by atoms with Gasteiger partial charge in [-0.15, -0.1) is 11.8 Å². The second kappa shape index (κ2) is 7.64. The molecule has 1 N–H and O–H groups in total. The van der Waals surface area contributed by atoms with Gasteiger partial charge >= 0.3 is 0 Å². The van der Waals surface area contributed by atoms with E-state index in [1.807, 2.05) is 17.8 Å². The molecule has 0 heterocycles. The van der Waals surface area contributed by atoms with Crippen LogP contribution in [0.5, 0.6) is 0 Å². The molecule has 144 valence electrons. The van der Waals surface area contributed by atoms with Gasteiger partial charge in [0.2, 0.25) is 0 Å². The van der Waals surface area contributed by atoms with E-state index in [2.05, 4.69) is 62.4 Å². The summed E-state index contributed by atoms with van der Waals surface area (Å²) in [5.74, 6) is 2.19. The van der Waals surface area contributed by atoms with Crippen LogP contribution in [-0.4, -0.2) is 10.9 Å². The first-order chi connectivity index (χ1) is 13.0. The minimum Gasteiger partial charge on any atom is -0.388 e. The Labute approximate surface area is 168 Å². The molecule has 0 spiro atoms. The van der Waals surface area contributed by atoms with Crippen molar-refractivity contribution < 1.29 is 5.11 Å². The predicted octanol–water partition coefficient (Wildman–Crippen LogP) is 6.66. The van der Waals surface area contributed by atoms with Gasteiger partial charge < -0.3 is 5.11 Å². The van der Waals surface area contributed by atoms with E-state index in [0.29, 0.717) is 10.8 Å². The van der Waals surface area contributed by atoms with Gasteiger partial charge in [-0.1, -0.05) is 56.3 Å². The van der Waals surface area contributed by atoms with E-state index in [0.717, 1.165) is 24.3 Å². The summed E-state index contributed by atoms with van der Waals surface area (Å²) in [7, 11) is 0. The highest BCUT2D eigenvalue weighted by Gasteiger charge is 2.58. The normalized spacial score (nSPS) is 27.0. The third-order valence-corrected chi connectivity index (χ3v) is 8.96. The summed E-state index contributed by atoms with van der Waals surface area (Å²) >= 11 is 2.02. The number of aliphatic hydroxyl groups is 1. The van der Waals surface area contributed by atoms with E-state index in [1.165, 1.54) is 41.9 Å². The molecule has 2 aromatic rings. The minimum atomic E-state index is -0.382. The van der Waals surface area contributed by atoms with Gasteiger partial charge in [-0.2, -0.15) is 0 Å². The summed E-state index contributed by atoms with van der Waals surface area (Å²) in [5.41, 5.74) is 3.37. The molecule has 2 aromatic carbocycles. The van der Waals surface area contributed by atoms with Crippen LogP contribution in [0.15, 0.2) is 59.5 Å². The molecule has 27 heavy (non-hydrogen) atoms. The summed E-state index contributed by atoms with van der Waals surface area (Å²) in [6.07, 6.45) is 6.99. The van der Waals surface area contributed by atoms with Gasteiger partial charge in [-0.25, -0.2) is 0 Å². The van der Waals surface area contributed by atoms with Crippen LogP contribution in [0.4, 0.5) is 0 Å².